The van der Waals surface area contributed by atoms with Gasteiger partial charge in [0.1, 0.15) is 11.4 Å². The van der Waals surface area contributed by atoms with Gasteiger partial charge in [-0.25, -0.2) is 4.79 Å². The molecule has 6 nitrogen and oxygen atoms in total. The number of halogens is 2. The third-order valence-corrected chi connectivity index (χ3v) is 6.17. The number of rotatable bonds is 3. The van der Waals surface area contributed by atoms with E-state index in [2.05, 4.69) is 10.6 Å². The van der Waals surface area contributed by atoms with Crippen LogP contribution in [0.4, 0.5) is 4.79 Å². The number of fused-ring (bicyclic) bond motifs is 3. The highest BCUT2D eigenvalue weighted by molar-refractivity contribution is 6.36. The molecule has 0 atom stereocenters. The smallest absolute Gasteiger partial charge is 0.408 e. The van der Waals surface area contributed by atoms with Gasteiger partial charge >= 0.3 is 6.09 Å². The standard InChI is InChI=1S/C20H26Cl2N2O4/c1-18(2,3)28-17(27)24-20-7-4-19(5-8-20,6-9-20)23-16(26)13-10-12(21)11-14(22)15(13)25/h10-11,25H,4-9H2,1-3H3,(H,23,26)(H,24,27). The number of phenols is 1. The number of nitrogens with one attached hydrogen (secondary N) is 2. The van der Waals surface area contributed by atoms with Crippen molar-refractivity contribution in [3.05, 3.63) is 27.7 Å². The second-order valence-corrected chi connectivity index (χ2v) is 9.77. The van der Waals surface area contributed by atoms with Gasteiger partial charge in [-0.15, -0.1) is 0 Å². The Balaban J connectivity index is 1.65. The minimum Gasteiger partial charge on any atom is -0.506 e. The van der Waals surface area contributed by atoms with Crippen molar-refractivity contribution in [2.24, 2.45) is 0 Å². The maximum atomic E-state index is 12.8. The van der Waals surface area contributed by atoms with Crippen molar-refractivity contribution in [2.45, 2.75) is 76.0 Å². The first-order valence-electron chi connectivity index (χ1n) is 9.44. The number of carbonyl (C=O) groups is 2. The van der Waals surface area contributed by atoms with Crippen LogP contribution in [0.1, 0.15) is 69.7 Å². The molecule has 3 fully saturated rings. The van der Waals surface area contributed by atoms with Gasteiger partial charge < -0.3 is 20.5 Å². The predicted molar refractivity (Wildman–Crippen MR) is 108 cm³/mol. The molecule has 1 aromatic carbocycles. The van der Waals surface area contributed by atoms with Gasteiger partial charge in [-0.1, -0.05) is 23.2 Å². The number of amides is 2. The van der Waals surface area contributed by atoms with E-state index in [1.807, 2.05) is 20.8 Å². The van der Waals surface area contributed by atoms with Crippen LogP contribution < -0.4 is 10.6 Å². The lowest BCUT2D eigenvalue weighted by atomic mass is 9.61. The molecule has 0 unspecified atom stereocenters. The van der Waals surface area contributed by atoms with Crippen LogP contribution in [0.5, 0.6) is 5.75 Å². The highest BCUT2D eigenvalue weighted by atomic mass is 35.5. The summed E-state index contributed by atoms with van der Waals surface area (Å²) in [5.41, 5.74) is -1.10. The molecule has 0 heterocycles. The lowest BCUT2D eigenvalue weighted by molar-refractivity contribution is 0.0199. The Kier molecular flexibility index (Phi) is 5.49. The first-order chi connectivity index (χ1) is 12.9. The van der Waals surface area contributed by atoms with Crippen molar-refractivity contribution in [3.63, 3.8) is 0 Å². The van der Waals surface area contributed by atoms with Crippen LogP contribution in [0.2, 0.25) is 10.0 Å². The fraction of sp³-hybridized carbons (Fsp3) is 0.600. The summed E-state index contributed by atoms with van der Waals surface area (Å²) in [6.07, 6.45) is 4.10. The summed E-state index contributed by atoms with van der Waals surface area (Å²) in [6, 6.07) is 2.81. The lowest BCUT2D eigenvalue weighted by Crippen LogP contribution is -2.64. The third kappa shape index (κ3) is 4.49. The Hall–Kier alpha value is -1.66. The van der Waals surface area contributed by atoms with Gasteiger partial charge in [0.25, 0.3) is 5.91 Å². The molecule has 0 aliphatic heterocycles. The normalized spacial score (nSPS) is 26.6. The van der Waals surface area contributed by atoms with Crippen molar-refractivity contribution in [2.75, 3.05) is 0 Å². The molecular formula is C20H26Cl2N2O4. The lowest BCUT2D eigenvalue weighted by Gasteiger charge is -2.53. The monoisotopic (exact) mass is 428 g/mol. The van der Waals surface area contributed by atoms with E-state index in [-0.39, 0.29) is 27.4 Å². The number of alkyl carbamates (subject to hydrolysis) is 1. The van der Waals surface area contributed by atoms with E-state index < -0.39 is 17.6 Å². The van der Waals surface area contributed by atoms with Gasteiger partial charge in [-0.2, -0.15) is 0 Å². The number of ether oxygens (including phenoxy) is 1. The highest BCUT2D eigenvalue weighted by Crippen LogP contribution is 2.47. The van der Waals surface area contributed by atoms with Gasteiger partial charge in [0.2, 0.25) is 0 Å². The fourth-order valence-corrected chi connectivity index (χ4v) is 4.62. The van der Waals surface area contributed by atoms with Crippen LogP contribution in [-0.4, -0.2) is 33.8 Å². The SMILES string of the molecule is CC(C)(C)OC(=O)NC12CCC(NC(=O)c3cc(Cl)cc(Cl)c3O)(CC1)CC2. The molecule has 0 radical (unpaired) electrons. The van der Waals surface area contributed by atoms with Crippen LogP contribution in [-0.2, 0) is 4.74 Å². The van der Waals surface area contributed by atoms with E-state index in [0.717, 1.165) is 38.5 Å². The molecule has 0 spiro atoms. The number of hydrogen-bond donors (Lipinski definition) is 3. The summed E-state index contributed by atoms with van der Waals surface area (Å²) in [7, 11) is 0. The molecule has 3 N–H and O–H groups in total. The molecule has 3 aliphatic rings. The van der Waals surface area contributed by atoms with E-state index in [1.54, 1.807) is 0 Å². The topological polar surface area (TPSA) is 87.7 Å². The van der Waals surface area contributed by atoms with Crippen molar-refractivity contribution in [1.29, 1.82) is 0 Å². The van der Waals surface area contributed by atoms with Crippen LogP contribution in [0, 0.1) is 0 Å². The van der Waals surface area contributed by atoms with Gasteiger partial charge in [0.15, 0.2) is 0 Å². The second-order valence-electron chi connectivity index (χ2n) is 8.93. The molecule has 8 heteroatoms. The predicted octanol–water partition coefficient (Wildman–Crippen LogP) is 4.80. The minimum absolute atomic E-state index is 0.0445. The van der Waals surface area contributed by atoms with Crippen LogP contribution in [0.15, 0.2) is 12.1 Å². The average Bonchev–Trinajstić information content (AvgIpc) is 2.57. The number of phenolic OH excluding ortho intramolecular Hbond substituents is 1. The summed E-state index contributed by atoms with van der Waals surface area (Å²) in [6.45, 7) is 5.51. The number of carbonyl (C=O) groups excluding carboxylic acids is 2. The number of aromatic hydroxyl groups is 1. The molecule has 2 bridgehead atoms. The molecule has 0 saturated heterocycles. The van der Waals surface area contributed by atoms with Gasteiger partial charge in [0, 0.05) is 16.1 Å². The zero-order chi connectivity index (χ0) is 20.7. The molecule has 154 valence electrons. The number of benzene rings is 1. The van der Waals surface area contributed by atoms with E-state index in [0.29, 0.717) is 5.02 Å². The van der Waals surface area contributed by atoms with E-state index in [4.69, 9.17) is 27.9 Å². The van der Waals surface area contributed by atoms with Crippen molar-refractivity contribution >= 4 is 35.2 Å². The quantitative estimate of drug-likeness (QED) is 0.644. The van der Waals surface area contributed by atoms with Gasteiger partial charge in [-0.05, 0) is 71.4 Å². The molecule has 3 aliphatic carbocycles. The molecule has 3 saturated carbocycles. The van der Waals surface area contributed by atoms with E-state index >= 15 is 0 Å². The van der Waals surface area contributed by atoms with Crippen LogP contribution in [0.3, 0.4) is 0 Å². The minimum atomic E-state index is -0.540. The summed E-state index contributed by atoms with van der Waals surface area (Å²) >= 11 is 11.9. The zero-order valence-electron chi connectivity index (χ0n) is 16.3. The molecule has 28 heavy (non-hydrogen) atoms. The molecular weight excluding hydrogens is 403 g/mol. The van der Waals surface area contributed by atoms with Crippen molar-refractivity contribution in [1.82, 2.24) is 10.6 Å². The van der Waals surface area contributed by atoms with E-state index in [1.165, 1.54) is 12.1 Å². The first kappa shape index (κ1) is 21.1. The summed E-state index contributed by atoms with van der Waals surface area (Å²) in [4.78, 5) is 25.0. The average molecular weight is 429 g/mol. The molecule has 0 aromatic heterocycles. The largest absolute Gasteiger partial charge is 0.506 e. The Labute approximate surface area is 174 Å². The molecule has 2 amide bonds. The number of hydrogen-bond acceptors (Lipinski definition) is 4. The van der Waals surface area contributed by atoms with Crippen LogP contribution >= 0.6 is 23.2 Å². The van der Waals surface area contributed by atoms with Gasteiger partial charge in [0.05, 0.1) is 10.6 Å². The molecule has 4 rings (SSSR count). The first-order valence-corrected chi connectivity index (χ1v) is 10.2. The zero-order valence-corrected chi connectivity index (χ0v) is 17.8. The Morgan fingerprint density at radius 1 is 1.00 bits per heavy atom. The fourth-order valence-electron chi connectivity index (χ4n) is 4.13. The highest BCUT2D eigenvalue weighted by Gasteiger charge is 2.50. The summed E-state index contributed by atoms with van der Waals surface area (Å²) < 4.78 is 5.40. The second kappa shape index (κ2) is 7.30. The van der Waals surface area contributed by atoms with Gasteiger partial charge in [-0.3, -0.25) is 4.79 Å². The molecule has 1 aromatic rings. The van der Waals surface area contributed by atoms with E-state index in [9.17, 15) is 14.7 Å². The summed E-state index contributed by atoms with van der Waals surface area (Å²) in [5, 5.41) is 16.6. The van der Waals surface area contributed by atoms with Crippen molar-refractivity contribution < 1.29 is 19.4 Å². The Bertz CT molecular complexity index is 780. The Morgan fingerprint density at radius 2 is 1.50 bits per heavy atom. The maximum Gasteiger partial charge on any atom is 0.408 e. The Morgan fingerprint density at radius 3 is 2.00 bits per heavy atom. The van der Waals surface area contributed by atoms with Crippen LogP contribution in [0.25, 0.3) is 0 Å². The summed E-state index contributed by atoms with van der Waals surface area (Å²) in [5.74, 6) is -0.663. The van der Waals surface area contributed by atoms with Crippen molar-refractivity contribution in [3.8, 4) is 5.75 Å². The maximum absolute atomic E-state index is 12.8. The third-order valence-electron chi connectivity index (χ3n) is 5.66.